The quantitative estimate of drug-likeness (QED) is 0.525. The van der Waals surface area contributed by atoms with E-state index in [1.807, 2.05) is 0 Å². The second kappa shape index (κ2) is 8.26. The van der Waals surface area contributed by atoms with Crippen molar-refractivity contribution in [3.63, 3.8) is 0 Å². The highest BCUT2D eigenvalue weighted by Crippen LogP contribution is 2.17. The molecule has 144 valence electrons. The van der Waals surface area contributed by atoms with Crippen molar-refractivity contribution < 1.29 is 19.2 Å². The van der Waals surface area contributed by atoms with E-state index < -0.39 is 12.1 Å². The normalized spacial score (nSPS) is 29.3. The van der Waals surface area contributed by atoms with Crippen LogP contribution < -0.4 is 16.0 Å². The minimum atomic E-state index is -0.769. The van der Waals surface area contributed by atoms with Gasteiger partial charge in [0.15, 0.2) is 0 Å². The van der Waals surface area contributed by atoms with Crippen molar-refractivity contribution in [3.05, 3.63) is 0 Å². The largest absolute Gasteiger partial charge is 0.354 e. The number of piperidine rings is 1. The fourth-order valence-corrected chi connectivity index (χ4v) is 4.47. The lowest BCUT2D eigenvalue weighted by Crippen LogP contribution is -2.64. The van der Waals surface area contributed by atoms with Crippen molar-refractivity contribution in [3.8, 4) is 0 Å². The van der Waals surface area contributed by atoms with Crippen molar-refractivity contribution in [2.75, 3.05) is 37.8 Å². The van der Waals surface area contributed by atoms with Crippen LogP contribution in [0.1, 0.15) is 19.8 Å². The van der Waals surface area contributed by atoms with Crippen molar-refractivity contribution in [2.24, 2.45) is 0 Å². The Morgan fingerprint density at radius 3 is 2.73 bits per heavy atom. The summed E-state index contributed by atoms with van der Waals surface area (Å²) < 4.78 is 0. The third-order valence-corrected chi connectivity index (χ3v) is 5.96. The molecule has 0 aromatic carbocycles. The van der Waals surface area contributed by atoms with Crippen LogP contribution in [0.3, 0.4) is 0 Å². The molecular formula is C16H25N5O4S. The highest BCUT2D eigenvalue weighted by Gasteiger charge is 2.39. The summed E-state index contributed by atoms with van der Waals surface area (Å²) in [7, 11) is 0. The first-order chi connectivity index (χ1) is 12.5. The van der Waals surface area contributed by atoms with Crippen LogP contribution in [0.2, 0.25) is 0 Å². The highest BCUT2D eigenvalue weighted by atomic mass is 32.2. The van der Waals surface area contributed by atoms with Gasteiger partial charge in [-0.05, 0) is 12.8 Å². The van der Waals surface area contributed by atoms with Gasteiger partial charge in [0, 0.05) is 38.2 Å². The first-order valence-corrected chi connectivity index (χ1v) is 10.1. The van der Waals surface area contributed by atoms with E-state index in [9.17, 15) is 19.2 Å². The molecule has 10 heteroatoms. The Hall–Kier alpha value is -1.81. The average Bonchev–Trinajstić information content (AvgIpc) is 3.17. The van der Waals surface area contributed by atoms with Crippen LogP contribution >= 0.6 is 11.8 Å². The van der Waals surface area contributed by atoms with Crippen molar-refractivity contribution in [1.29, 1.82) is 0 Å². The predicted molar refractivity (Wildman–Crippen MR) is 96.2 cm³/mol. The zero-order chi connectivity index (χ0) is 18.7. The van der Waals surface area contributed by atoms with Crippen LogP contribution in [0.25, 0.3) is 0 Å². The smallest absolute Gasteiger partial charge is 0.245 e. The van der Waals surface area contributed by atoms with E-state index in [4.69, 9.17) is 0 Å². The molecule has 4 amide bonds. The molecular weight excluding hydrogens is 358 g/mol. The molecule has 0 aliphatic carbocycles. The molecule has 0 radical (unpaired) electrons. The molecule has 3 rings (SSSR count). The standard InChI is InChI=1S/C16H25N5O4S/c1-10(22)21-6-5-20(16(25)12-8-26-9-18-12)7-13(21)15(24)19-11-3-2-4-17-14(11)23/h11-13,18H,2-9H2,1H3,(H,17,23)(H,19,24)/t11-,12-,13-/m0/s1. The van der Waals surface area contributed by atoms with E-state index in [-0.39, 0.29) is 36.2 Å². The number of carbonyl (C=O) groups excluding carboxylic acids is 4. The zero-order valence-corrected chi connectivity index (χ0v) is 15.6. The van der Waals surface area contributed by atoms with Gasteiger partial charge in [0.1, 0.15) is 12.1 Å². The first kappa shape index (κ1) is 19.0. The third-order valence-electron chi connectivity index (χ3n) is 5.02. The zero-order valence-electron chi connectivity index (χ0n) is 14.8. The summed E-state index contributed by atoms with van der Waals surface area (Å²) >= 11 is 1.66. The summed E-state index contributed by atoms with van der Waals surface area (Å²) in [4.78, 5) is 52.4. The molecule has 0 unspecified atom stereocenters. The molecule has 3 saturated heterocycles. The lowest BCUT2D eigenvalue weighted by Gasteiger charge is -2.41. The maximum Gasteiger partial charge on any atom is 0.245 e. The van der Waals surface area contributed by atoms with Crippen LogP contribution in [0.4, 0.5) is 0 Å². The molecule has 3 N–H and O–H groups in total. The van der Waals surface area contributed by atoms with Gasteiger partial charge in [0.25, 0.3) is 0 Å². The Labute approximate surface area is 156 Å². The summed E-state index contributed by atoms with van der Waals surface area (Å²) in [6.45, 7) is 2.91. The summed E-state index contributed by atoms with van der Waals surface area (Å²) in [6.07, 6.45) is 1.38. The van der Waals surface area contributed by atoms with Gasteiger partial charge in [-0.2, -0.15) is 0 Å². The summed E-state index contributed by atoms with van der Waals surface area (Å²) in [5, 5.41) is 8.62. The van der Waals surface area contributed by atoms with Gasteiger partial charge in [-0.25, -0.2) is 0 Å². The number of rotatable bonds is 3. The Bertz CT molecular complexity index is 595. The lowest BCUT2D eigenvalue weighted by molar-refractivity contribution is -0.148. The Morgan fingerprint density at radius 1 is 1.27 bits per heavy atom. The number of hydrogen-bond acceptors (Lipinski definition) is 6. The lowest BCUT2D eigenvalue weighted by atomic mass is 10.0. The average molecular weight is 383 g/mol. The molecule has 3 fully saturated rings. The maximum atomic E-state index is 12.8. The van der Waals surface area contributed by atoms with Gasteiger partial charge < -0.3 is 20.4 Å². The molecule has 0 bridgehead atoms. The van der Waals surface area contributed by atoms with E-state index in [0.717, 1.165) is 12.3 Å². The SMILES string of the molecule is CC(=O)N1CCN(C(=O)[C@@H]2CSCN2)C[C@H]1C(=O)N[C@H]1CCCNC1=O. The van der Waals surface area contributed by atoms with Crippen LogP contribution in [0.5, 0.6) is 0 Å². The second-order valence-electron chi connectivity index (χ2n) is 6.78. The van der Waals surface area contributed by atoms with Crippen LogP contribution in [0.15, 0.2) is 0 Å². The number of amides is 4. The van der Waals surface area contributed by atoms with E-state index in [1.54, 1.807) is 16.7 Å². The summed E-state index contributed by atoms with van der Waals surface area (Å²) in [5.74, 6) is 0.629. The van der Waals surface area contributed by atoms with Gasteiger partial charge in [-0.15, -0.1) is 11.8 Å². The molecule has 3 heterocycles. The van der Waals surface area contributed by atoms with Crippen molar-refractivity contribution in [1.82, 2.24) is 25.8 Å². The van der Waals surface area contributed by atoms with Crippen molar-refractivity contribution in [2.45, 2.75) is 37.9 Å². The molecule has 0 aromatic heterocycles. The topological polar surface area (TPSA) is 111 Å². The molecule has 3 aliphatic rings. The number of nitrogens with one attached hydrogen (secondary N) is 3. The molecule has 0 aromatic rings. The summed E-state index contributed by atoms with van der Waals surface area (Å²) in [5.41, 5.74) is 0. The Morgan fingerprint density at radius 2 is 2.08 bits per heavy atom. The Kier molecular flexibility index (Phi) is 6.02. The molecule has 3 aliphatic heterocycles. The molecule has 0 spiro atoms. The molecule has 3 atom stereocenters. The van der Waals surface area contributed by atoms with Crippen LogP contribution in [0, 0.1) is 0 Å². The maximum absolute atomic E-state index is 12.8. The number of hydrogen-bond donors (Lipinski definition) is 3. The van der Waals surface area contributed by atoms with Gasteiger partial charge in [-0.1, -0.05) is 0 Å². The van der Waals surface area contributed by atoms with Gasteiger partial charge in [-0.3, -0.25) is 24.5 Å². The molecule has 9 nitrogen and oxygen atoms in total. The molecule has 26 heavy (non-hydrogen) atoms. The van der Waals surface area contributed by atoms with Gasteiger partial charge in [0.2, 0.25) is 23.6 Å². The number of nitrogens with zero attached hydrogens (tertiary/aromatic N) is 2. The fourth-order valence-electron chi connectivity index (χ4n) is 3.54. The van der Waals surface area contributed by atoms with Gasteiger partial charge >= 0.3 is 0 Å². The van der Waals surface area contributed by atoms with Gasteiger partial charge in [0.05, 0.1) is 12.6 Å². The van der Waals surface area contributed by atoms with E-state index in [1.165, 1.54) is 11.8 Å². The number of thioether (sulfide) groups is 1. The van der Waals surface area contributed by atoms with E-state index in [0.29, 0.717) is 31.8 Å². The Balaban J connectivity index is 1.67. The minimum Gasteiger partial charge on any atom is -0.354 e. The van der Waals surface area contributed by atoms with Crippen molar-refractivity contribution >= 4 is 35.4 Å². The highest BCUT2D eigenvalue weighted by molar-refractivity contribution is 7.99. The predicted octanol–water partition coefficient (Wildman–Crippen LogP) is -1.90. The van der Waals surface area contributed by atoms with Crippen LogP contribution in [-0.4, -0.2) is 89.4 Å². The number of carbonyl (C=O) groups is 4. The summed E-state index contributed by atoms with van der Waals surface area (Å²) in [6, 6.07) is -1.59. The van der Waals surface area contributed by atoms with E-state index in [2.05, 4.69) is 16.0 Å². The first-order valence-electron chi connectivity index (χ1n) is 8.92. The van der Waals surface area contributed by atoms with Crippen LogP contribution in [-0.2, 0) is 19.2 Å². The second-order valence-corrected chi connectivity index (χ2v) is 7.81. The number of piperazine rings is 1. The fraction of sp³-hybridized carbons (Fsp3) is 0.750. The minimum absolute atomic E-state index is 0.0357. The van der Waals surface area contributed by atoms with E-state index >= 15 is 0 Å². The third kappa shape index (κ3) is 4.12. The molecule has 0 saturated carbocycles. The monoisotopic (exact) mass is 383 g/mol.